The van der Waals surface area contributed by atoms with Crippen molar-refractivity contribution in [3.63, 3.8) is 0 Å². The number of rotatable bonds is 3. The standard InChI is InChI=1S/C17H15BrFNO2/c1-11-16(12-5-3-2-4-6-12)22-17(21)20(11)10-13-9-14(19)7-8-15(13)18/h2-9,11,16H,10H2,1H3/t11-,16-/m0/s1. The van der Waals surface area contributed by atoms with E-state index in [1.807, 2.05) is 37.3 Å². The second kappa shape index (κ2) is 6.08. The summed E-state index contributed by atoms with van der Waals surface area (Å²) in [5.74, 6) is -0.321. The molecule has 1 saturated heterocycles. The molecular weight excluding hydrogens is 349 g/mol. The van der Waals surface area contributed by atoms with Crippen molar-refractivity contribution in [2.24, 2.45) is 0 Å². The van der Waals surface area contributed by atoms with Crippen LogP contribution in [0.4, 0.5) is 9.18 Å². The first kappa shape index (κ1) is 15.0. The van der Waals surface area contributed by atoms with Crippen molar-refractivity contribution in [1.82, 2.24) is 4.90 Å². The number of carbonyl (C=O) groups is 1. The molecule has 22 heavy (non-hydrogen) atoms. The van der Waals surface area contributed by atoms with Crippen molar-refractivity contribution in [2.75, 3.05) is 0 Å². The van der Waals surface area contributed by atoms with Gasteiger partial charge in [-0.1, -0.05) is 46.3 Å². The lowest BCUT2D eigenvalue weighted by molar-refractivity contribution is 0.130. The molecule has 1 aliphatic rings. The predicted octanol–water partition coefficient (Wildman–Crippen LogP) is 4.67. The van der Waals surface area contributed by atoms with E-state index < -0.39 is 0 Å². The summed E-state index contributed by atoms with van der Waals surface area (Å²) >= 11 is 3.39. The van der Waals surface area contributed by atoms with Gasteiger partial charge in [-0.2, -0.15) is 0 Å². The van der Waals surface area contributed by atoms with Gasteiger partial charge in [0.2, 0.25) is 0 Å². The summed E-state index contributed by atoms with van der Waals surface area (Å²) in [7, 11) is 0. The van der Waals surface area contributed by atoms with Crippen molar-refractivity contribution in [2.45, 2.75) is 25.6 Å². The number of halogens is 2. The zero-order chi connectivity index (χ0) is 15.7. The number of hydrogen-bond donors (Lipinski definition) is 0. The van der Waals surface area contributed by atoms with E-state index in [4.69, 9.17) is 4.74 Å². The minimum Gasteiger partial charge on any atom is -0.439 e. The molecule has 3 rings (SSSR count). The Labute approximate surface area is 136 Å². The van der Waals surface area contributed by atoms with Gasteiger partial charge in [0, 0.05) is 4.47 Å². The number of carbonyl (C=O) groups excluding carboxylic acids is 1. The van der Waals surface area contributed by atoms with Crippen LogP contribution < -0.4 is 0 Å². The SMILES string of the molecule is C[C@H]1[C@@H](c2ccccc2)OC(=O)N1Cc1cc(F)ccc1Br. The third-order valence-corrected chi connectivity index (χ3v) is 4.64. The molecule has 2 aromatic rings. The highest BCUT2D eigenvalue weighted by Crippen LogP contribution is 2.34. The van der Waals surface area contributed by atoms with E-state index in [0.717, 1.165) is 15.6 Å². The average molecular weight is 364 g/mol. The molecule has 0 unspecified atom stereocenters. The van der Waals surface area contributed by atoms with Crippen LogP contribution in [-0.4, -0.2) is 17.0 Å². The van der Waals surface area contributed by atoms with Crippen molar-refractivity contribution >= 4 is 22.0 Å². The first-order valence-corrected chi connectivity index (χ1v) is 7.81. The van der Waals surface area contributed by atoms with Gasteiger partial charge in [0.15, 0.2) is 0 Å². The second-order valence-electron chi connectivity index (χ2n) is 5.32. The molecule has 0 aromatic heterocycles. The van der Waals surface area contributed by atoms with Crippen molar-refractivity contribution < 1.29 is 13.9 Å². The van der Waals surface area contributed by atoms with Crippen molar-refractivity contribution in [3.8, 4) is 0 Å². The summed E-state index contributed by atoms with van der Waals surface area (Å²) in [4.78, 5) is 13.8. The smallest absolute Gasteiger partial charge is 0.411 e. The van der Waals surface area contributed by atoms with Crippen LogP contribution in [0.5, 0.6) is 0 Å². The molecule has 1 heterocycles. The number of nitrogens with zero attached hydrogens (tertiary/aromatic N) is 1. The third-order valence-electron chi connectivity index (χ3n) is 3.87. The van der Waals surface area contributed by atoms with Crippen LogP contribution in [0.1, 0.15) is 24.2 Å². The van der Waals surface area contributed by atoms with E-state index in [1.165, 1.54) is 12.1 Å². The number of amides is 1. The van der Waals surface area contributed by atoms with Gasteiger partial charge in [-0.3, -0.25) is 4.90 Å². The second-order valence-corrected chi connectivity index (χ2v) is 6.17. The molecule has 1 amide bonds. The van der Waals surface area contributed by atoms with Crippen LogP contribution in [0.15, 0.2) is 53.0 Å². The first-order chi connectivity index (χ1) is 10.6. The Morgan fingerprint density at radius 3 is 2.68 bits per heavy atom. The summed E-state index contributed by atoms with van der Waals surface area (Å²) in [6.07, 6.45) is -0.682. The maximum Gasteiger partial charge on any atom is 0.411 e. The maximum atomic E-state index is 13.4. The van der Waals surface area contributed by atoms with Crippen LogP contribution in [0.3, 0.4) is 0 Å². The highest BCUT2D eigenvalue weighted by molar-refractivity contribution is 9.10. The van der Waals surface area contributed by atoms with Gasteiger partial charge in [0.1, 0.15) is 11.9 Å². The number of ether oxygens (including phenoxy) is 1. The molecule has 1 fully saturated rings. The Bertz CT molecular complexity index is 692. The van der Waals surface area contributed by atoms with Crippen molar-refractivity contribution in [3.05, 3.63) is 69.9 Å². The molecule has 5 heteroatoms. The fraction of sp³-hybridized carbons (Fsp3) is 0.235. The Balaban J connectivity index is 1.83. The molecule has 3 nitrogen and oxygen atoms in total. The van der Waals surface area contributed by atoms with Gasteiger partial charge in [0.25, 0.3) is 0 Å². The zero-order valence-corrected chi connectivity index (χ0v) is 13.6. The third kappa shape index (κ3) is 2.86. The summed E-state index contributed by atoms with van der Waals surface area (Å²) in [6, 6.07) is 14.0. The zero-order valence-electron chi connectivity index (χ0n) is 12.0. The van der Waals surface area contributed by atoms with E-state index >= 15 is 0 Å². The molecule has 2 aromatic carbocycles. The van der Waals surface area contributed by atoms with E-state index in [0.29, 0.717) is 6.54 Å². The molecule has 114 valence electrons. The van der Waals surface area contributed by atoms with Crippen LogP contribution in [0.25, 0.3) is 0 Å². The molecule has 0 aliphatic carbocycles. The molecule has 1 aliphatic heterocycles. The monoisotopic (exact) mass is 363 g/mol. The molecule has 0 saturated carbocycles. The maximum absolute atomic E-state index is 13.4. The summed E-state index contributed by atoms with van der Waals surface area (Å²) < 4.78 is 19.7. The topological polar surface area (TPSA) is 29.5 Å². The van der Waals surface area contributed by atoms with Gasteiger partial charge < -0.3 is 4.74 Å². The van der Waals surface area contributed by atoms with Crippen LogP contribution in [-0.2, 0) is 11.3 Å². The van der Waals surface area contributed by atoms with Crippen molar-refractivity contribution in [1.29, 1.82) is 0 Å². The minimum atomic E-state index is -0.377. The van der Waals surface area contributed by atoms with Gasteiger partial charge >= 0.3 is 6.09 Å². The first-order valence-electron chi connectivity index (χ1n) is 7.02. The molecular formula is C17H15BrFNO2. The number of benzene rings is 2. The summed E-state index contributed by atoms with van der Waals surface area (Å²) in [5.41, 5.74) is 1.68. The normalized spacial score (nSPS) is 21.0. The number of cyclic esters (lactones) is 1. The lowest BCUT2D eigenvalue weighted by Gasteiger charge is -2.21. The van der Waals surface area contributed by atoms with E-state index in [2.05, 4.69) is 15.9 Å². The summed E-state index contributed by atoms with van der Waals surface area (Å²) in [6.45, 7) is 2.25. The summed E-state index contributed by atoms with van der Waals surface area (Å²) in [5, 5.41) is 0. The van der Waals surface area contributed by atoms with Crippen LogP contribution >= 0.6 is 15.9 Å². The van der Waals surface area contributed by atoms with Crippen LogP contribution in [0.2, 0.25) is 0 Å². The quantitative estimate of drug-likeness (QED) is 0.792. The average Bonchev–Trinajstić information content (AvgIpc) is 2.80. The highest BCUT2D eigenvalue weighted by Gasteiger charge is 2.39. The van der Waals surface area contributed by atoms with Gasteiger partial charge in [-0.05, 0) is 36.2 Å². The Morgan fingerprint density at radius 1 is 1.23 bits per heavy atom. The fourth-order valence-electron chi connectivity index (χ4n) is 2.65. The molecule has 0 bridgehead atoms. The molecule has 0 N–H and O–H groups in total. The lowest BCUT2D eigenvalue weighted by atomic mass is 10.0. The largest absolute Gasteiger partial charge is 0.439 e. The van der Waals surface area contributed by atoms with Crippen LogP contribution in [0, 0.1) is 5.82 Å². The Hall–Kier alpha value is -1.88. The number of hydrogen-bond acceptors (Lipinski definition) is 2. The van der Waals surface area contributed by atoms with E-state index in [9.17, 15) is 9.18 Å². The Morgan fingerprint density at radius 2 is 1.95 bits per heavy atom. The lowest BCUT2D eigenvalue weighted by Crippen LogP contribution is -2.31. The molecule has 0 radical (unpaired) electrons. The highest BCUT2D eigenvalue weighted by atomic mass is 79.9. The Kier molecular flexibility index (Phi) is 4.16. The van der Waals surface area contributed by atoms with Gasteiger partial charge in [-0.25, -0.2) is 9.18 Å². The van der Waals surface area contributed by atoms with Gasteiger partial charge in [-0.15, -0.1) is 0 Å². The predicted molar refractivity (Wildman–Crippen MR) is 84.8 cm³/mol. The minimum absolute atomic E-state index is 0.120. The molecule has 2 atom stereocenters. The van der Waals surface area contributed by atoms with E-state index in [-0.39, 0.29) is 24.1 Å². The van der Waals surface area contributed by atoms with Gasteiger partial charge in [0.05, 0.1) is 12.6 Å². The molecule has 0 spiro atoms. The fourth-order valence-corrected chi connectivity index (χ4v) is 3.02. The van der Waals surface area contributed by atoms with E-state index in [1.54, 1.807) is 11.0 Å².